The van der Waals surface area contributed by atoms with E-state index in [1.807, 2.05) is 13.8 Å². The highest BCUT2D eigenvalue weighted by Gasteiger charge is 2.21. The second-order valence-electron chi connectivity index (χ2n) is 6.77. The second kappa shape index (κ2) is 8.55. The van der Waals surface area contributed by atoms with E-state index in [0.717, 1.165) is 23.0 Å². The third kappa shape index (κ3) is 3.80. The molecule has 0 radical (unpaired) electrons. The normalized spacial score (nSPS) is 16.5. The van der Waals surface area contributed by atoms with Crippen LogP contribution in [0.2, 0.25) is 0 Å². The molecule has 1 saturated heterocycles. The smallest absolute Gasteiger partial charge is 0.332 e. The van der Waals surface area contributed by atoms with Crippen molar-refractivity contribution in [1.29, 1.82) is 0 Å². The molecule has 28 heavy (non-hydrogen) atoms. The van der Waals surface area contributed by atoms with Crippen LogP contribution >= 0.6 is 0 Å². The molecular formula is C19H26N4O5. The molecule has 152 valence electrons. The zero-order chi connectivity index (χ0) is 20.3. The van der Waals surface area contributed by atoms with Gasteiger partial charge in [-0.2, -0.15) is 0 Å². The van der Waals surface area contributed by atoms with Gasteiger partial charge in [-0.05, 0) is 26.2 Å². The molecule has 1 fully saturated rings. The molecule has 0 unspecified atom stereocenters. The Morgan fingerprint density at radius 2 is 2.18 bits per heavy atom. The zero-order valence-electron chi connectivity index (χ0n) is 16.5. The first kappa shape index (κ1) is 20.1. The van der Waals surface area contributed by atoms with Crippen LogP contribution in [0.5, 0.6) is 5.75 Å². The first-order valence-electron chi connectivity index (χ1n) is 9.60. The summed E-state index contributed by atoms with van der Waals surface area (Å²) >= 11 is 0. The van der Waals surface area contributed by atoms with E-state index < -0.39 is 17.2 Å². The highest BCUT2D eigenvalue weighted by molar-refractivity contribution is 5.83. The number of fused-ring (bicyclic) bond motifs is 1. The Morgan fingerprint density at radius 1 is 1.39 bits per heavy atom. The number of amides is 1. The number of nitrogens with zero attached hydrogens (tertiary/aromatic N) is 3. The minimum absolute atomic E-state index is 0.0130. The molecule has 2 aromatic heterocycles. The molecule has 0 spiro atoms. The quantitative estimate of drug-likeness (QED) is 0.732. The van der Waals surface area contributed by atoms with E-state index in [0.29, 0.717) is 31.9 Å². The van der Waals surface area contributed by atoms with Gasteiger partial charge in [-0.15, -0.1) is 0 Å². The van der Waals surface area contributed by atoms with E-state index in [2.05, 4.69) is 10.3 Å². The fourth-order valence-corrected chi connectivity index (χ4v) is 3.40. The highest BCUT2D eigenvalue weighted by Crippen LogP contribution is 2.25. The van der Waals surface area contributed by atoms with Gasteiger partial charge in [-0.3, -0.25) is 14.2 Å². The summed E-state index contributed by atoms with van der Waals surface area (Å²) < 4.78 is 13.4. The largest absolute Gasteiger partial charge is 0.493 e. The first-order chi connectivity index (χ1) is 13.5. The van der Waals surface area contributed by atoms with Gasteiger partial charge < -0.3 is 14.8 Å². The van der Waals surface area contributed by atoms with Crippen molar-refractivity contribution in [2.45, 2.75) is 45.8 Å². The van der Waals surface area contributed by atoms with Gasteiger partial charge >= 0.3 is 5.69 Å². The van der Waals surface area contributed by atoms with Gasteiger partial charge in [0.1, 0.15) is 17.7 Å². The van der Waals surface area contributed by atoms with Crippen LogP contribution < -0.4 is 21.3 Å². The number of hydrogen-bond donors (Lipinski definition) is 1. The van der Waals surface area contributed by atoms with Crippen molar-refractivity contribution in [3.63, 3.8) is 0 Å². The standard InChI is InChI=1S/C19H26N4O5/c1-4-12-9-21-17-15(16(12)27-5-2)18(25)23(19(26)22(17)3)11-14(24)20-10-13-7-6-8-28-13/h9,13H,4-8,10-11H2,1-3H3,(H,20,24)/t13-/m1/s1. The lowest BCUT2D eigenvalue weighted by Crippen LogP contribution is -2.44. The van der Waals surface area contributed by atoms with Gasteiger partial charge in [-0.1, -0.05) is 6.92 Å². The van der Waals surface area contributed by atoms with Crippen LogP contribution in [0, 0.1) is 0 Å². The lowest BCUT2D eigenvalue weighted by atomic mass is 10.1. The summed E-state index contributed by atoms with van der Waals surface area (Å²) in [5.74, 6) is 0.00993. The molecule has 1 N–H and O–H groups in total. The van der Waals surface area contributed by atoms with E-state index in [1.165, 1.54) is 11.6 Å². The topological polar surface area (TPSA) is 104 Å². The van der Waals surface area contributed by atoms with Crippen molar-refractivity contribution in [2.24, 2.45) is 7.05 Å². The average molecular weight is 390 g/mol. The molecule has 1 aliphatic heterocycles. The van der Waals surface area contributed by atoms with Crippen LogP contribution in [0.25, 0.3) is 11.0 Å². The number of pyridine rings is 1. The van der Waals surface area contributed by atoms with Crippen LogP contribution in [-0.4, -0.2) is 45.9 Å². The maximum absolute atomic E-state index is 13.1. The Bertz CT molecular complexity index is 988. The molecule has 1 atom stereocenters. The molecule has 0 aromatic carbocycles. The summed E-state index contributed by atoms with van der Waals surface area (Å²) in [6.07, 6.45) is 4.09. The number of ether oxygens (including phenoxy) is 2. The molecule has 0 saturated carbocycles. The monoisotopic (exact) mass is 390 g/mol. The summed E-state index contributed by atoms with van der Waals surface area (Å²) in [4.78, 5) is 42.4. The first-order valence-corrected chi connectivity index (χ1v) is 9.60. The van der Waals surface area contributed by atoms with Gasteiger partial charge in [0.05, 0.1) is 12.7 Å². The fraction of sp³-hybridized carbons (Fsp3) is 0.579. The minimum atomic E-state index is -0.594. The second-order valence-corrected chi connectivity index (χ2v) is 6.77. The lowest BCUT2D eigenvalue weighted by Gasteiger charge is -2.15. The van der Waals surface area contributed by atoms with Crippen molar-refractivity contribution in [1.82, 2.24) is 19.4 Å². The Hall–Kier alpha value is -2.68. The molecule has 0 bridgehead atoms. The van der Waals surface area contributed by atoms with Gasteiger partial charge in [0.2, 0.25) is 5.91 Å². The molecule has 3 rings (SSSR count). The van der Waals surface area contributed by atoms with Crippen molar-refractivity contribution >= 4 is 16.9 Å². The Labute approximate surface area is 162 Å². The van der Waals surface area contributed by atoms with Crippen LogP contribution in [0.3, 0.4) is 0 Å². The van der Waals surface area contributed by atoms with E-state index >= 15 is 0 Å². The maximum atomic E-state index is 13.1. The molecule has 0 aliphatic carbocycles. The number of aromatic nitrogens is 3. The fourth-order valence-electron chi connectivity index (χ4n) is 3.40. The van der Waals surface area contributed by atoms with E-state index in [-0.39, 0.29) is 23.7 Å². The number of carbonyl (C=O) groups excluding carboxylic acids is 1. The van der Waals surface area contributed by atoms with Gasteiger partial charge in [0, 0.05) is 32.0 Å². The average Bonchev–Trinajstić information content (AvgIpc) is 3.21. The molecule has 1 aliphatic rings. The molecular weight excluding hydrogens is 364 g/mol. The number of nitrogens with one attached hydrogen (secondary N) is 1. The van der Waals surface area contributed by atoms with Crippen molar-refractivity contribution in [3.8, 4) is 5.75 Å². The van der Waals surface area contributed by atoms with Crippen molar-refractivity contribution < 1.29 is 14.3 Å². The van der Waals surface area contributed by atoms with E-state index in [1.54, 1.807) is 6.20 Å². The van der Waals surface area contributed by atoms with Crippen LogP contribution in [0.15, 0.2) is 15.8 Å². The van der Waals surface area contributed by atoms with Crippen LogP contribution in [-0.2, 0) is 29.5 Å². The maximum Gasteiger partial charge on any atom is 0.332 e. The Kier molecular flexibility index (Phi) is 6.13. The predicted molar refractivity (Wildman–Crippen MR) is 104 cm³/mol. The van der Waals surface area contributed by atoms with Crippen molar-refractivity contribution in [2.75, 3.05) is 19.8 Å². The van der Waals surface area contributed by atoms with E-state index in [4.69, 9.17) is 9.47 Å². The molecule has 9 nitrogen and oxygen atoms in total. The molecule has 2 aromatic rings. The van der Waals surface area contributed by atoms with E-state index in [9.17, 15) is 14.4 Å². The minimum Gasteiger partial charge on any atom is -0.493 e. The number of aryl methyl sites for hydroxylation is 2. The van der Waals surface area contributed by atoms with Crippen LogP contribution in [0.1, 0.15) is 32.3 Å². The lowest BCUT2D eigenvalue weighted by molar-refractivity contribution is -0.122. The Balaban J connectivity index is 1.99. The van der Waals surface area contributed by atoms with Gasteiger partial charge in [0.25, 0.3) is 5.56 Å². The number of rotatable bonds is 7. The van der Waals surface area contributed by atoms with Gasteiger partial charge in [0.15, 0.2) is 5.65 Å². The number of hydrogen-bond acceptors (Lipinski definition) is 6. The molecule has 1 amide bonds. The number of carbonyl (C=O) groups is 1. The third-order valence-corrected chi connectivity index (χ3v) is 4.90. The third-order valence-electron chi connectivity index (χ3n) is 4.90. The predicted octanol–water partition coefficient (Wildman–Crippen LogP) is 0.352. The summed E-state index contributed by atoms with van der Waals surface area (Å²) in [5.41, 5.74) is -0.147. The zero-order valence-corrected chi connectivity index (χ0v) is 16.5. The summed E-state index contributed by atoms with van der Waals surface area (Å²) in [5, 5.41) is 2.96. The summed E-state index contributed by atoms with van der Waals surface area (Å²) in [6.45, 7) is 4.83. The van der Waals surface area contributed by atoms with Gasteiger partial charge in [-0.25, -0.2) is 14.3 Å². The SMILES string of the molecule is CCOc1c(CC)cnc2c1c(=O)n(CC(=O)NC[C@H]1CCCO1)c(=O)n2C. The molecule has 3 heterocycles. The molecule has 9 heteroatoms. The highest BCUT2D eigenvalue weighted by atomic mass is 16.5. The summed E-state index contributed by atoms with van der Waals surface area (Å²) in [6, 6.07) is 0. The Morgan fingerprint density at radius 3 is 2.82 bits per heavy atom. The van der Waals surface area contributed by atoms with Crippen LogP contribution in [0.4, 0.5) is 0 Å². The summed E-state index contributed by atoms with van der Waals surface area (Å²) in [7, 11) is 1.53. The van der Waals surface area contributed by atoms with Crippen molar-refractivity contribution in [3.05, 3.63) is 32.6 Å².